The molecule has 194 valence electrons. The summed E-state index contributed by atoms with van der Waals surface area (Å²) >= 11 is 0. The minimum absolute atomic E-state index is 0.197. The first-order valence-electron chi connectivity index (χ1n) is 12.7. The molecule has 0 spiro atoms. The molecule has 1 N–H and O–H groups in total. The Balaban J connectivity index is 1.22. The number of aromatic nitrogens is 1. The second kappa shape index (κ2) is 10.7. The number of hydrogen-bond acceptors (Lipinski definition) is 8. The van der Waals surface area contributed by atoms with Crippen molar-refractivity contribution >= 4 is 27.1 Å². The molecule has 3 aromatic rings. The van der Waals surface area contributed by atoms with Gasteiger partial charge in [0.1, 0.15) is 10.4 Å². The van der Waals surface area contributed by atoms with E-state index in [1.165, 1.54) is 9.87 Å². The summed E-state index contributed by atoms with van der Waals surface area (Å²) in [6, 6.07) is 11.8. The largest absolute Gasteiger partial charge is 0.493 e. The monoisotopic (exact) mass is 514 g/mol. The highest BCUT2D eigenvalue weighted by molar-refractivity contribution is 7.89. The molecule has 0 unspecified atom stereocenters. The van der Waals surface area contributed by atoms with E-state index in [1.807, 2.05) is 13.0 Å². The number of rotatable bonds is 9. The normalized spacial score (nSPS) is 18.1. The second-order valence-electron chi connectivity index (χ2n) is 9.35. The molecular formula is C26H34N4O5S. The summed E-state index contributed by atoms with van der Waals surface area (Å²) in [6.07, 6.45) is 3.66. The van der Waals surface area contributed by atoms with Gasteiger partial charge in [-0.1, -0.05) is 12.1 Å². The summed E-state index contributed by atoms with van der Waals surface area (Å²) in [5, 5.41) is 3.39. The summed E-state index contributed by atoms with van der Waals surface area (Å²) in [5.41, 5.74) is 2.07. The Morgan fingerprint density at radius 1 is 1.08 bits per heavy atom. The highest BCUT2D eigenvalue weighted by Crippen LogP contribution is 2.31. The van der Waals surface area contributed by atoms with Gasteiger partial charge in [-0.05, 0) is 62.4 Å². The molecule has 10 heteroatoms. The van der Waals surface area contributed by atoms with Crippen LogP contribution in [0.4, 0.5) is 6.01 Å². The molecule has 0 amide bonds. The van der Waals surface area contributed by atoms with Crippen LogP contribution in [0.5, 0.6) is 11.5 Å². The SMILES string of the molecule is CCOc1cc(CN2CCC(Nc3nc4cccc(S(=O)(=O)N5CCCC5)c4o3)CC2)ccc1OC. The van der Waals surface area contributed by atoms with E-state index in [1.54, 1.807) is 25.3 Å². The van der Waals surface area contributed by atoms with Crippen LogP contribution < -0.4 is 14.8 Å². The first-order chi connectivity index (χ1) is 17.5. The smallest absolute Gasteiger partial charge is 0.295 e. The van der Waals surface area contributed by atoms with E-state index in [4.69, 9.17) is 13.9 Å². The number of nitrogens with one attached hydrogen (secondary N) is 1. The van der Waals surface area contributed by atoms with Crippen LogP contribution in [-0.2, 0) is 16.6 Å². The molecule has 9 nitrogen and oxygen atoms in total. The van der Waals surface area contributed by atoms with Gasteiger partial charge in [-0.25, -0.2) is 8.42 Å². The Labute approximate surface area is 212 Å². The number of oxazole rings is 1. The molecule has 1 aromatic heterocycles. The molecule has 3 heterocycles. The van der Waals surface area contributed by atoms with Gasteiger partial charge in [0, 0.05) is 38.8 Å². The molecule has 2 aliphatic heterocycles. The van der Waals surface area contributed by atoms with Crippen molar-refractivity contribution in [3.05, 3.63) is 42.0 Å². The van der Waals surface area contributed by atoms with Gasteiger partial charge in [0.15, 0.2) is 17.1 Å². The molecule has 2 saturated heterocycles. The van der Waals surface area contributed by atoms with Crippen molar-refractivity contribution in [3.8, 4) is 11.5 Å². The summed E-state index contributed by atoms with van der Waals surface area (Å²) in [6.45, 7) is 6.38. The van der Waals surface area contributed by atoms with Gasteiger partial charge in [0.05, 0.1) is 13.7 Å². The third-order valence-corrected chi connectivity index (χ3v) is 8.83. The zero-order valence-corrected chi connectivity index (χ0v) is 21.7. The first-order valence-corrected chi connectivity index (χ1v) is 14.1. The Morgan fingerprint density at radius 2 is 1.86 bits per heavy atom. The van der Waals surface area contributed by atoms with E-state index >= 15 is 0 Å². The minimum Gasteiger partial charge on any atom is -0.493 e. The van der Waals surface area contributed by atoms with Crippen molar-refractivity contribution in [2.24, 2.45) is 0 Å². The summed E-state index contributed by atoms with van der Waals surface area (Å²) in [4.78, 5) is 7.15. The van der Waals surface area contributed by atoms with Crippen LogP contribution in [-0.4, -0.2) is 68.5 Å². The van der Waals surface area contributed by atoms with E-state index in [0.29, 0.717) is 36.8 Å². The van der Waals surface area contributed by atoms with Crippen LogP contribution in [0.15, 0.2) is 45.7 Å². The van der Waals surface area contributed by atoms with Crippen molar-refractivity contribution in [1.82, 2.24) is 14.2 Å². The lowest BCUT2D eigenvalue weighted by Gasteiger charge is -2.32. The van der Waals surface area contributed by atoms with Crippen molar-refractivity contribution in [2.75, 3.05) is 45.2 Å². The average molecular weight is 515 g/mol. The third kappa shape index (κ3) is 5.16. The zero-order chi connectivity index (χ0) is 25.1. The average Bonchev–Trinajstić information content (AvgIpc) is 3.56. The summed E-state index contributed by atoms with van der Waals surface area (Å²) in [7, 11) is -1.93. The van der Waals surface area contributed by atoms with Crippen LogP contribution in [0.2, 0.25) is 0 Å². The minimum atomic E-state index is -3.59. The molecule has 0 saturated carbocycles. The van der Waals surface area contributed by atoms with Gasteiger partial charge in [-0.2, -0.15) is 9.29 Å². The van der Waals surface area contributed by atoms with Crippen LogP contribution in [0.1, 0.15) is 38.2 Å². The van der Waals surface area contributed by atoms with Crippen molar-refractivity contribution < 1.29 is 22.3 Å². The number of hydrogen-bond donors (Lipinski definition) is 1. The molecule has 0 bridgehead atoms. The van der Waals surface area contributed by atoms with Crippen molar-refractivity contribution in [1.29, 1.82) is 0 Å². The highest BCUT2D eigenvalue weighted by Gasteiger charge is 2.30. The predicted molar refractivity (Wildman–Crippen MR) is 138 cm³/mol. The number of para-hydroxylation sites is 1. The Hall–Kier alpha value is -2.82. The quantitative estimate of drug-likeness (QED) is 0.456. The van der Waals surface area contributed by atoms with Gasteiger partial charge < -0.3 is 19.2 Å². The Morgan fingerprint density at radius 3 is 2.58 bits per heavy atom. The standard InChI is InChI=1S/C26H34N4O5S/c1-3-34-23-17-19(9-10-22(23)33-2)18-29-15-11-20(12-16-29)27-26-28-21-7-6-8-24(25(21)35-26)36(31,32)30-13-4-5-14-30/h6-10,17,20H,3-5,11-16,18H2,1-2H3,(H,27,28). The number of nitrogens with zero attached hydrogens (tertiary/aromatic N) is 3. The summed E-state index contributed by atoms with van der Waals surface area (Å²) < 4.78 is 44.8. The van der Waals surface area contributed by atoms with Crippen molar-refractivity contribution in [2.45, 2.75) is 50.1 Å². The van der Waals surface area contributed by atoms with Gasteiger partial charge in [-0.15, -0.1) is 0 Å². The molecule has 36 heavy (non-hydrogen) atoms. The molecule has 2 aromatic carbocycles. The fourth-order valence-corrected chi connectivity index (χ4v) is 6.66. The number of fused-ring (bicyclic) bond motifs is 1. The highest BCUT2D eigenvalue weighted by atomic mass is 32.2. The maximum Gasteiger partial charge on any atom is 0.295 e. The molecule has 5 rings (SSSR count). The van der Waals surface area contributed by atoms with E-state index in [-0.39, 0.29) is 10.9 Å². The van der Waals surface area contributed by atoms with Gasteiger partial charge in [-0.3, -0.25) is 4.90 Å². The molecule has 0 aliphatic carbocycles. The maximum absolute atomic E-state index is 13.1. The maximum atomic E-state index is 13.1. The number of anilines is 1. The number of ether oxygens (including phenoxy) is 2. The first kappa shape index (κ1) is 24.9. The van der Waals surface area contributed by atoms with Crippen LogP contribution in [0.25, 0.3) is 11.1 Å². The number of likely N-dealkylation sites (tertiary alicyclic amines) is 1. The lowest BCUT2D eigenvalue weighted by atomic mass is 10.0. The third-order valence-electron chi connectivity index (χ3n) is 6.91. The van der Waals surface area contributed by atoms with E-state index in [2.05, 4.69) is 27.3 Å². The number of benzene rings is 2. The predicted octanol–water partition coefficient (Wildman–Crippen LogP) is 4.10. The number of sulfonamides is 1. The lowest BCUT2D eigenvalue weighted by Crippen LogP contribution is -2.38. The molecular weight excluding hydrogens is 480 g/mol. The van der Waals surface area contributed by atoms with E-state index in [0.717, 1.165) is 56.8 Å². The lowest BCUT2D eigenvalue weighted by molar-refractivity contribution is 0.210. The Kier molecular flexibility index (Phi) is 7.36. The molecule has 2 fully saturated rings. The number of methoxy groups -OCH3 is 1. The Bertz CT molecular complexity index is 1290. The van der Waals surface area contributed by atoms with Crippen LogP contribution in [0, 0.1) is 0 Å². The van der Waals surface area contributed by atoms with E-state index < -0.39 is 10.0 Å². The fourth-order valence-electron chi connectivity index (χ4n) is 5.01. The van der Waals surface area contributed by atoms with Gasteiger partial charge in [0.25, 0.3) is 6.01 Å². The van der Waals surface area contributed by atoms with Crippen LogP contribution >= 0.6 is 0 Å². The number of piperidine rings is 1. The van der Waals surface area contributed by atoms with Gasteiger partial charge >= 0.3 is 0 Å². The second-order valence-corrected chi connectivity index (χ2v) is 11.3. The summed E-state index contributed by atoms with van der Waals surface area (Å²) in [5.74, 6) is 1.52. The topological polar surface area (TPSA) is 97.1 Å². The van der Waals surface area contributed by atoms with Crippen molar-refractivity contribution in [3.63, 3.8) is 0 Å². The molecule has 0 atom stereocenters. The van der Waals surface area contributed by atoms with E-state index in [9.17, 15) is 8.42 Å². The fraction of sp³-hybridized carbons (Fsp3) is 0.500. The van der Waals surface area contributed by atoms with Gasteiger partial charge in [0.2, 0.25) is 10.0 Å². The molecule has 2 aliphatic rings. The zero-order valence-electron chi connectivity index (χ0n) is 20.9. The van der Waals surface area contributed by atoms with Crippen LogP contribution in [0.3, 0.4) is 0 Å². The molecule has 0 radical (unpaired) electrons.